The highest BCUT2D eigenvalue weighted by Gasteiger charge is 2.24. The molecule has 4 heteroatoms. The maximum absolute atomic E-state index is 9.43. The highest BCUT2D eigenvalue weighted by Crippen LogP contribution is 2.17. The van der Waals surface area contributed by atoms with Crippen molar-refractivity contribution >= 4 is 11.6 Å². The molecule has 0 radical (unpaired) electrons. The summed E-state index contributed by atoms with van der Waals surface area (Å²) in [7, 11) is 0. The molecule has 0 amide bonds. The fourth-order valence-electron chi connectivity index (χ4n) is 2.27. The quantitative estimate of drug-likeness (QED) is 0.841. The summed E-state index contributed by atoms with van der Waals surface area (Å²) in [5.74, 6) is 0.846. The Morgan fingerprint density at radius 3 is 3.00 bits per heavy atom. The van der Waals surface area contributed by atoms with E-state index in [1.165, 1.54) is 0 Å². The third-order valence-corrected chi connectivity index (χ3v) is 3.23. The van der Waals surface area contributed by atoms with E-state index in [0.29, 0.717) is 11.6 Å². The molecular weight excluding hydrogens is 238 g/mol. The van der Waals surface area contributed by atoms with Gasteiger partial charge in [0.25, 0.3) is 0 Å². The molecule has 1 aromatic carbocycles. The topological polar surface area (TPSA) is 32.7 Å². The van der Waals surface area contributed by atoms with Crippen molar-refractivity contribution in [1.82, 2.24) is 4.90 Å². The van der Waals surface area contributed by atoms with Crippen LogP contribution < -0.4 is 0 Å². The number of phenols is 1. The van der Waals surface area contributed by atoms with Crippen molar-refractivity contribution in [3.05, 3.63) is 29.8 Å². The van der Waals surface area contributed by atoms with E-state index < -0.39 is 0 Å². The number of rotatable bonds is 3. The van der Waals surface area contributed by atoms with Crippen molar-refractivity contribution < 1.29 is 9.84 Å². The lowest BCUT2D eigenvalue weighted by Crippen LogP contribution is -2.46. The lowest BCUT2D eigenvalue weighted by Gasteiger charge is -2.36. The first-order valence-electron chi connectivity index (χ1n) is 5.89. The standard InChI is InChI=1S/C13H18ClNO2/c1-10-7-15(9-13(6-14)17-10)8-11-3-2-4-12(16)5-11/h2-5,10,13,16H,6-9H2,1H3. The summed E-state index contributed by atoms with van der Waals surface area (Å²) in [5.41, 5.74) is 1.12. The van der Waals surface area contributed by atoms with Crippen LogP contribution in [0.1, 0.15) is 12.5 Å². The molecule has 1 N–H and O–H groups in total. The zero-order valence-corrected chi connectivity index (χ0v) is 10.7. The molecule has 1 heterocycles. The smallest absolute Gasteiger partial charge is 0.115 e. The SMILES string of the molecule is CC1CN(Cc2cccc(O)c2)CC(CCl)O1. The summed E-state index contributed by atoms with van der Waals surface area (Å²) in [4.78, 5) is 2.32. The molecule has 0 aliphatic carbocycles. The van der Waals surface area contributed by atoms with Crippen LogP contribution in [-0.4, -0.2) is 41.2 Å². The van der Waals surface area contributed by atoms with Gasteiger partial charge in [-0.15, -0.1) is 11.6 Å². The Morgan fingerprint density at radius 2 is 2.29 bits per heavy atom. The highest BCUT2D eigenvalue weighted by molar-refractivity contribution is 6.18. The van der Waals surface area contributed by atoms with Crippen LogP contribution in [0.3, 0.4) is 0 Å². The number of morpholine rings is 1. The summed E-state index contributed by atoms with van der Waals surface area (Å²) in [6.45, 7) is 4.65. The van der Waals surface area contributed by atoms with Gasteiger partial charge in [0.15, 0.2) is 0 Å². The summed E-state index contributed by atoms with van der Waals surface area (Å²) < 4.78 is 5.70. The molecule has 1 saturated heterocycles. The lowest BCUT2D eigenvalue weighted by atomic mass is 10.1. The van der Waals surface area contributed by atoms with Crippen LogP contribution in [0.4, 0.5) is 0 Å². The second-order valence-corrected chi connectivity index (χ2v) is 4.90. The van der Waals surface area contributed by atoms with Crippen molar-refractivity contribution in [2.24, 2.45) is 0 Å². The second kappa shape index (κ2) is 5.71. The number of hydrogen-bond donors (Lipinski definition) is 1. The van der Waals surface area contributed by atoms with E-state index in [4.69, 9.17) is 16.3 Å². The minimum Gasteiger partial charge on any atom is -0.508 e. The minimum absolute atomic E-state index is 0.109. The summed E-state index contributed by atoms with van der Waals surface area (Å²) >= 11 is 5.85. The third-order valence-electron chi connectivity index (χ3n) is 2.89. The molecular formula is C13H18ClNO2. The van der Waals surface area contributed by atoms with Gasteiger partial charge in [0, 0.05) is 25.5 Å². The van der Waals surface area contributed by atoms with Gasteiger partial charge in [-0.3, -0.25) is 4.90 Å². The predicted molar refractivity (Wildman–Crippen MR) is 68.4 cm³/mol. The fourth-order valence-corrected chi connectivity index (χ4v) is 2.44. The first-order valence-corrected chi connectivity index (χ1v) is 6.42. The molecule has 0 bridgehead atoms. The van der Waals surface area contributed by atoms with Crippen LogP contribution in [-0.2, 0) is 11.3 Å². The summed E-state index contributed by atoms with van der Waals surface area (Å²) in [6, 6.07) is 7.38. The Kier molecular flexibility index (Phi) is 4.26. The minimum atomic E-state index is 0.109. The first kappa shape index (κ1) is 12.7. The number of phenolic OH excluding ortho intramolecular Hbond substituents is 1. The molecule has 1 aromatic rings. The average molecular weight is 256 g/mol. The Bertz CT molecular complexity index is 372. The van der Waals surface area contributed by atoms with Crippen LogP contribution in [0.2, 0.25) is 0 Å². The molecule has 0 saturated carbocycles. The van der Waals surface area contributed by atoms with Crippen molar-refractivity contribution in [3.8, 4) is 5.75 Å². The molecule has 17 heavy (non-hydrogen) atoms. The van der Waals surface area contributed by atoms with Gasteiger partial charge in [-0.2, -0.15) is 0 Å². The van der Waals surface area contributed by atoms with Crippen LogP contribution in [0.25, 0.3) is 0 Å². The largest absolute Gasteiger partial charge is 0.508 e. The predicted octanol–water partition coefficient (Wildman–Crippen LogP) is 2.22. The Hall–Kier alpha value is -0.770. The van der Waals surface area contributed by atoms with Crippen molar-refractivity contribution in [3.63, 3.8) is 0 Å². The van der Waals surface area contributed by atoms with Gasteiger partial charge in [0.2, 0.25) is 0 Å². The van der Waals surface area contributed by atoms with E-state index in [1.807, 2.05) is 12.1 Å². The number of aromatic hydroxyl groups is 1. The molecule has 3 nitrogen and oxygen atoms in total. The molecule has 2 rings (SSSR count). The monoisotopic (exact) mass is 255 g/mol. The Labute approximate surface area is 107 Å². The highest BCUT2D eigenvalue weighted by atomic mass is 35.5. The van der Waals surface area contributed by atoms with Crippen LogP contribution in [0.5, 0.6) is 5.75 Å². The van der Waals surface area contributed by atoms with E-state index in [2.05, 4.69) is 11.8 Å². The Morgan fingerprint density at radius 1 is 1.47 bits per heavy atom. The van der Waals surface area contributed by atoms with Gasteiger partial charge in [0.1, 0.15) is 5.75 Å². The maximum atomic E-state index is 9.43. The summed E-state index contributed by atoms with van der Waals surface area (Å²) in [6.07, 6.45) is 0.322. The van der Waals surface area contributed by atoms with Gasteiger partial charge in [-0.05, 0) is 24.6 Å². The number of ether oxygens (including phenoxy) is 1. The number of benzene rings is 1. The molecule has 0 aromatic heterocycles. The van der Waals surface area contributed by atoms with E-state index in [1.54, 1.807) is 12.1 Å². The Balaban J connectivity index is 1.98. The van der Waals surface area contributed by atoms with Crippen molar-refractivity contribution in [1.29, 1.82) is 0 Å². The zero-order chi connectivity index (χ0) is 12.3. The van der Waals surface area contributed by atoms with Gasteiger partial charge >= 0.3 is 0 Å². The molecule has 2 unspecified atom stereocenters. The molecule has 94 valence electrons. The number of alkyl halides is 1. The molecule has 2 atom stereocenters. The number of nitrogens with zero attached hydrogens (tertiary/aromatic N) is 1. The molecule has 1 aliphatic rings. The molecule has 1 aliphatic heterocycles. The third kappa shape index (κ3) is 3.60. The average Bonchev–Trinajstić information content (AvgIpc) is 2.28. The van der Waals surface area contributed by atoms with Crippen LogP contribution in [0.15, 0.2) is 24.3 Å². The number of hydrogen-bond acceptors (Lipinski definition) is 3. The van der Waals surface area contributed by atoms with Crippen molar-refractivity contribution in [2.45, 2.75) is 25.7 Å². The van der Waals surface area contributed by atoms with Gasteiger partial charge in [-0.25, -0.2) is 0 Å². The molecule has 1 fully saturated rings. The van der Waals surface area contributed by atoms with Gasteiger partial charge in [0.05, 0.1) is 12.2 Å². The summed E-state index contributed by atoms with van der Waals surface area (Å²) in [5, 5.41) is 9.43. The van der Waals surface area contributed by atoms with Crippen LogP contribution >= 0.6 is 11.6 Å². The second-order valence-electron chi connectivity index (χ2n) is 4.59. The number of halogens is 1. The van der Waals surface area contributed by atoms with Gasteiger partial charge in [-0.1, -0.05) is 12.1 Å². The maximum Gasteiger partial charge on any atom is 0.115 e. The van der Waals surface area contributed by atoms with Crippen molar-refractivity contribution in [2.75, 3.05) is 19.0 Å². The normalized spacial score (nSPS) is 26.0. The van der Waals surface area contributed by atoms with Crippen LogP contribution in [0, 0.1) is 0 Å². The first-order chi connectivity index (χ1) is 8.17. The van der Waals surface area contributed by atoms with E-state index in [-0.39, 0.29) is 12.2 Å². The van der Waals surface area contributed by atoms with E-state index in [9.17, 15) is 5.11 Å². The molecule has 0 spiro atoms. The van der Waals surface area contributed by atoms with E-state index >= 15 is 0 Å². The van der Waals surface area contributed by atoms with Gasteiger partial charge < -0.3 is 9.84 Å². The zero-order valence-electron chi connectivity index (χ0n) is 9.97. The fraction of sp³-hybridized carbons (Fsp3) is 0.538. The van der Waals surface area contributed by atoms with E-state index in [0.717, 1.165) is 25.2 Å². The lowest BCUT2D eigenvalue weighted by molar-refractivity contribution is -0.0688.